The van der Waals surface area contributed by atoms with E-state index in [9.17, 15) is 9.59 Å². The number of amides is 2. The lowest BCUT2D eigenvalue weighted by molar-refractivity contribution is -0.130. The normalized spacial score (nSPS) is 24.3. The zero-order valence-corrected chi connectivity index (χ0v) is 13.5. The van der Waals surface area contributed by atoms with E-state index in [4.69, 9.17) is 5.11 Å². The van der Waals surface area contributed by atoms with E-state index in [0.717, 1.165) is 25.8 Å². The first-order valence-corrected chi connectivity index (χ1v) is 8.36. The van der Waals surface area contributed by atoms with E-state index in [1.54, 1.807) is 6.92 Å². The Morgan fingerprint density at radius 2 is 1.87 bits per heavy atom. The number of carbonyl (C=O) groups excluding carboxylic acids is 1. The van der Waals surface area contributed by atoms with Gasteiger partial charge in [0, 0.05) is 38.5 Å². The van der Waals surface area contributed by atoms with Gasteiger partial charge in [-0.25, -0.2) is 4.79 Å². The lowest BCUT2D eigenvalue weighted by atomic mass is 9.96. The van der Waals surface area contributed by atoms with Crippen molar-refractivity contribution >= 4 is 12.0 Å². The molecular formula is C18H24N2O3. The molecule has 0 spiro atoms. The zero-order chi connectivity index (χ0) is 16.4. The fourth-order valence-electron chi connectivity index (χ4n) is 3.67. The summed E-state index contributed by atoms with van der Waals surface area (Å²) in [7, 11) is 0. The van der Waals surface area contributed by atoms with Crippen molar-refractivity contribution in [2.24, 2.45) is 5.92 Å². The Morgan fingerprint density at radius 3 is 2.43 bits per heavy atom. The minimum absolute atomic E-state index is 0.133. The minimum Gasteiger partial charge on any atom is -0.465 e. The number of nitrogens with zero attached hydrogens (tertiary/aromatic N) is 2. The molecule has 1 N–H and O–H groups in total. The smallest absolute Gasteiger partial charge is 0.407 e. The summed E-state index contributed by atoms with van der Waals surface area (Å²) in [5, 5.41) is 9.02. The van der Waals surface area contributed by atoms with Crippen LogP contribution in [-0.4, -0.2) is 52.6 Å². The van der Waals surface area contributed by atoms with Crippen LogP contribution in [0, 0.1) is 5.92 Å². The van der Waals surface area contributed by atoms with Crippen LogP contribution in [0.4, 0.5) is 4.79 Å². The predicted octanol–water partition coefficient (Wildman–Crippen LogP) is 2.78. The third kappa shape index (κ3) is 3.66. The maximum atomic E-state index is 12.1. The molecule has 0 radical (unpaired) electrons. The van der Waals surface area contributed by atoms with Crippen molar-refractivity contribution in [3.63, 3.8) is 0 Å². The standard InChI is InChI=1S/C18H24N2O3/c1-13(21)20(12-14-7-9-19(10-8-14)18(22)23)17-11-16(17)15-5-3-2-4-6-15/h2-6,14,16-17H,7-12H2,1H3,(H,22,23)/t16-,17+/m0/s1. The fourth-order valence-corrected chi connectivity index (χ4v) is 3.67. The quantitative estimate of drug-likeness (QED) is 0.929. The summed E-state index contributed by atoms with van der Waals surface area (Å²) in [5.41, 5.74) is 1.31. The molecular weight excluding hydrogens is 292 g/mol. The summed E-state index contributed by atoms with van der Waals surface area (Å²) in [4.78, 5) is 26.5. The number of hydrogen-bond acceptors (Lipinski definition) is 2. The van der Waals surface area contributed by atoms with Gasteiger partial charge in [-0.05, 0) is 30.7 Å². The molecule has 1 aromatic rings. The Hall–Kier alpha value is -2.04. The van der Waals surface area contributed by atoms with Crippen molar-refractivity contribution < 1.29 is 14.7 Å². The van der Waals surface area contributed by atoms with Crippen molar-refractivity contribution in [1.29, 1.82) is 0 Å². The van der Waals surface area contributed by atoms with Crippen LogP contribution in [0.2, 0.25) is 0 Å². The summed E-state index contributed by atoms with van der Waals surface area (Å²) in [5.74, 6) is 1.000. The maximum Gasteiger partial charge on any atom is 0.407 e. The highest BCUT2D eigenvalue weighted by Crippen LogP contribution is 2.45. The molecule has 5 nitrogen and oxygen atoms in total. The van der Waals surface area contributed by atoms with E-state index >= 15 is 0 Å². The SMILES string of the molecule is CC(=O)N(CC1CCN(C(=O)O)CC1)[C@@H]1C[C@H]1c1ccccc1. The van der Waals surface area contributed by atoms with E-state index in [0.29, 0.717) is 31.0 Å². The summed E-state index contributed by atoms with van der Waals surface area (Å²) in [6.07, 6.45) is 1.90. The number of carbonyl (C=O) groups is 2. The molecule has 1 heterocycles. The van der Waals surface area contributed by atoms with Crippen LogP contribution in [0.1, 0.15) is 37.7 Å². The van der Waals surface area contributed by atoms with Gasteiger partial charge in [0.1, 0.15) is 0 Å². The summed E-state index contributed by atoms with van der Waals surface area (Å²) >= 11 is 0. The molecule has 2 aliphatic rings. The summed E-state index contributed by atoms with van der Waals surface area (Å²) < 4.78 is 0. The van der Waals surface area contributed by atoms with Gasteiger partial charge in [-0.15, -0.1) is 0 Å². The van der Waals surface area contributed by atoms with Gasteiger partial charge in [0.2, 0.25) is 5.91 Å². The van der Waals surface area contributed by atoms with Crippen molar-refractivity contribution in [1.82, 2.24) is 9.80 Å². The third-order valence-corrected chi connectivity index (χ3v) is 5.13. The molecule has 0 bridgehead atoms. The summed E-state index contributed by atoms with van der Waals surface area (Å²) in [6.45, 7) is 3.57. The Bertz CT molecular complexity index is 567. The van der Waals surface area contributed by atoms with Crippen LogP contribution in [0.15, 0.2) is 30.3 Å². The molecule has 2 amide bonds. The van der Waals surface area contributed by atoms with Gasteiger partial charge in [0.25, 0.3) is 0 Å². The van der Waals surface area contributed by atoms with E-state index in [-0.39, 0.29) is 5.91 Å². The van der Waals surface area contributed by atoms with Gasteiger partial charge in [-0.1, -0.05) is 30.3 Å². The first-order chi connectivity index (χ1) is 11.1. The second-order valence-corrected chi connectivity index (χ2v) is 6.70. The molecule has 2 fully saturated rings. The first-order valence-electron chi connectivity index (χ1n) is 8.36. The number of likely N-dealkylation sites (tertiary alicyclic amines) is 1. The molecule has 2 atom stereocenters. The average molecular weight is 316 g/mol. The largest absolute Gasteiger partial charge is 0.465 e. The first kappa shape index (κ1) is 15.8. The molecule has 23 heavy (non-hydrogen) atoms. The van der Waals surface area contributed by atoms with Crippen molar-refractivity contribution in [2.45, 2.75) is 38.1 Å². The van der Waals surface area contributed by atoms with Gasteiger partial charge >= 0.3 is 6.09 Å². The Kier molecular flexibility index (Phi) is 4.55. The number of benzene rings is 1. The van der Waals surface area contributed by atoms with E-state index in [1.807, 2.05) is 23.1 Å². The zero-order valence-electron chi connectivity index (χ0n) is 13.5. The van der Waals surface area contributed by atoms with Crippen LogP contribution < -0.4 is 0 Å². The molecule has 3 rings (SSSR count). The minimum atomic E-state index is -0.835. The molecule has 1 aliphatic heterocycles. The molecule has 1 saturated heterocycles. The van der Waals surface area contributed by atoms with Crippen LogP contribution in [0.5, 0.6) is 0 Å². The highest BCUT2D eigenvalue weighted by atomic mass is 16.4. The average Bonchev–Trinajstić information content (AvgIpc) is 3.34. The van der Waals surface area contributed by atoms with Gasteiger partial charge in [-0.2, -0.15) is 0 Å². The Labute approximate surface area is 136 Å². The second kappa shape index (κ2) is 6.60. The van der Waals surface area contributed by atoms with Gasteiger partial charge in [0.15, 0.2) is 0 Å². The molecule has 1 aliphatic carbocycles. The van der Waals surface area contributed by atoms with Crippen LogP contribution in [-0.2, 0) is 4.79 Å². The van der Waals surface area contributed by atoms with Crippen molar-refractivity contribution in [3.8, 4) is 0 Å². The van der Waals surface area contributed by atoms with Gasteiger partial charge in [-0.3, -0.25) is 4.79 Å². The molecule has 1 saturated carbocycles. The molecule has 0 aromatic heterocycles. The number of piperidine rings is 1. The Balaban J connectivity index is 1.57. The monoisotopic (exact) mass is 316 g/mol. The van der Waals surface area contributed by atoms with Crippen molar-refractivity contribution in [2.75, 3.05) is 19.6 Å². The van der Waals surface area contributed by atoms with Gasteiger partial charge < -0.3 is 14.9 Å². The fraction of sp³-hybridized carbons (Fsp3) is 0.556. The number of carboxylic acid groups (broad SMARTS) is 1. The topological polar surface area (TPSA) is 60.9 Å². The predicted molar refractivity (Wildman–Crippen MR) is 87.3 cm³/mol. The molecule has 5 heteroatoms. The van der Waals surface area contributed by atoms with Crippen LogP contribution in [0.3, 0.4) is 0 Å². The molecule has 0 unspecified atom stereocenters. The lowest BCUT2D eigenvalue weighted by Gasteiger charge is -2.33. The van der Waals surface area contributed by atoms with Crippen LogP contribution in [0.25, 0.3) is 0 Å². The highest BCUT2D eigenvalue weighted by Gasteiger charge is 2.44. The Morgan fingerprint density at radius 1 is 1.22 bits per heavy atom. The lowest BCUT2D eigenvalue weighted by Crippen LogP contribution is -2.43. The van der Waals surface area contributed by atoms with E-state index in [1.165, 1.54) is 10.5 Å². The number of hydrogen-bond donors (Lipinski definition) is 1. The van der Waals surface area contributed by atoms with Crippen molar-refractivity contribution in [3.05, 3.63) is 35.9 Å². The summed E-state index contributed by atoms with van der Waals surface area (Å²) in [6, 6.07) is 10.7. The van der Waals surface area contributed by atoms with Crippen LogP contribution >= 0.6 is 0 Å². The highest BCUT2D eigenvalue weighted by molar-refractivity contribution is 5.74. The maximum absolute atomic E-state index is 12.1. The van der Waals surface area contributed by atoms with Gasteiger partial charge in [0.05, 0.1) is 0 Å². The van der Waals surface area contributed by atoms with E-state index in [2.05, 4.69) is 12.1 Å². The second-order valence-electron chi connectivity index (χ2n) is 6.70. The molecule has 1 aromatic carbocycles. The van der Waals surface area contributed by atoms with E-state index < -0.39 is 6.09 Å². The molecule has 124 valence electrons. The number of rotatable bonds is 4. The third-order valence-electron chi connectivity index (χ3n) is 5.13.